The summed E-state index contributed by atoms with van der Waals surface area (Å²) >= 11 is 0. The third-order valence-corrected chi connectivity index (χ3v) is 9.24. The van der Waals surface area contributed by atoms with E-state index in [0.717, 1.165) is 44.1 Å². The van der Waals surface area contributed by atoms with Crippen LogP contribution in [0.25, 0.3) is 0 Å². The average Bonchev–Trinajstić information content (AvgIpc) is 3.87. The van der Waals surface area contributed by atoms with Gasteiger partial charge in [0.2, 0.25) is 17.7 Å². The summed E-state index contributed by atoms with van der Waals surface area (Å²) in [4.78, 5) is 43.4. The van der Waals surface area contributed by atoms with Gasteiger partial charge in [0.25, 0.3) is 0 Å². The molecule has 2 fully saturated rings. The fraction of sp³-hybridized carbons (Fsp3) is 0.686. The lowest BCUT2D eigenvalue weighted by molar-refractivity contribution is -0.137. The molecule has 0 saturated heterocycles. The standard InChI is InChI=1S/C35H53FN4O5/c1-4-11-29(35(45)38-30(21-26-14-9-6-10-15-26)33(43)31(41)22-27-16-17-27)37-34(44)28(20-25-12-7-5-8-13-25)23-32(42)40(3)19-18-39(2)24-36/h1,5,7-8,12-13,26-31,33,41,43H,6,9-11,14-24H2,2-3H3,(H,37,44)(H,38,45)/t28?,29-,30?,31?,33?/m0/s1. The van der Waals surface area contributed by atoms with Crippen molar-refractivity contribution < 1.29 is 29.0 Å². The van der Waals surface area contributed by atoms with E-state index < -0.39 is 48.8 Å². The van der Waals surface area contributed by atoms with Crippen LogP contribution in [0.1, 0.15) is 76.2 Å². The van der Waals surface area contributed by atoms with E-state index in [0.29, 0.717) is 37.8 Å². The topological polar surface area (TPSA) is 122 Å². The number of terminal acetylenes is 1. The fourth-order valence-corrected chi connectivity index (χ4v) is 6.10. The first-order valence-electron chi connectivity index (χ1n) is 16.5. The maximum Gasteiger partial charge on any atom is 0.243 e. The van der Waals surface area contributed by atoms with Gasteiger partial charge in [0.15, 0.2) is 0 Å². The summed E-state index contributed by atoms with van der Waals surface area (Å²) in [6.07, 6.45) is 12.2. The van der Waals surface area contributed by atoms with E-state index in [-0.39, 0.29) is 25.2 Å². The van der Waals surface area contributed by atoms with Crippen molar-refractivity contribution in [2.75, 3.05) is 34.0 Å². The van der Waals surface area contributed by atoms with Crippen molar-refractivity contribution in [3.05, 3.63) is 35.9 Å². The second kappa shape index (κ2) is 18.8. The van der Waals surface area contributed by atoms with Gasteiger partial charge < -0.3 is 25.7 Å². The first kappa shape index (κ1) is 36.5. The zero-order chi connectivity index (χ0) is 32.8. The Kier molecular flexibility index (Phi) is 15.3. The van der Waals surface area contributed by atoms with Crippen LogP contribution in [-0.4, -0.2) is 96.0 Å². The van der Waals surface area contributed by atoms with Gasteiger partial charge in [0, 0.05) is 33.0 Å². The van der Waals surface area contributed by atoms with Crippen LogP contribution in [0.3, 0.4) is 0 Å². The van der Waals surface area contributed by atoms with Crippen molar-refractivity contribution in [1.82, 2.24) is 20.4 Å². The molecule has 1 aromatic carbocycles. The number of alkyl halides is 1. The van der Waals surface area contributed by atoms with Gasteiger partial charge in [0.1, 0.15) is 18.9 Å². The van der Waals surface area contributed by atoms with Crippen LogP contribution in [0.2, 0.25) is 0 Å². The minimum atomic E-state index is -1.13. The van der Waals surface area contributed by atoms with Gasteiger partial charge >= 0.3 is 0 Å². The number of halogens is 1. The molecule has 4 N–H and O–H groups in total. The van der Waals surface area contributed by atoms with Gasteiger partial charge in [-0.2, -0.15) is 0 Å². The normalized spacial score (nSPS) is 18.7. The molecule has 2 aliphatic carbocycles. The number of amides is 3. The first-order valence-corrected chi connectivity index (χ1v) is 16.5. The maximum absolute atomic E-state index is 13.7. The van der Waals surface area contributed by atoms with E-state index in [1.807, 2.05) is 30.3 Å². The minimum Gasteiger partial charge on any atom is -0.390 e. The van der Waals surface area contributed by atoms with Gasteiger partial charge in [-0.25, -0.2) is 4.39 Å². The molecular formula is C35H53FN4O5. The van der Waals surface area contributed by atoms with Crippen LogP contribution < -0.4 is 10.6 Å². The average molecular weight is 629 g/mol. The highest BCUT2D eigenvalue weighted by molar-refractivity contribution is 5.91. The number of rotatable bonds is 19. The number of carbonyl (C=O) groups excluding carboxylic acids is 3. The Morgan fingerprint density at radius 2 is 1.62 bits per heavy atom. The Morgan fingerprint density at radius 1 is 0.956 bits per heavy atom. The van der Waals surface area contributed by atoms with E-state index in [1.165, 1.54) is 16.2 Å². The molecule has 4 unspecified atom stereocenters. The fourth-order valence-electron chi connectivity index (χ4n) is 6.10. The highest BCUT2D eigenvalue weighted by Gasteiger charge is 2.36. The lowest BCUT2D eigenvalue weighted by Gasteiger charge is -2.33. The van der Waals surface area contributed by atoms with Crippen molar-refractivity contribution >= 4 is 17.7 Å². The van der Waals surface area contributed by atoms with Gasteiger partial charge in [-0.1, -0.05) is 75.3 Å². The highest BCUT2D eigenvalue weighted by atomic mass is 19.1. The number of hydrogen-bond donors (Lipinski definition) is 4. The molecule has 2 aliphatic rings. The Morgan fingerprint density at radius 3 is 2.24 bits per heavy atom. The predicted molar refractivity (Wildman–Crippen MR) is 172 cm³/mol. The minimum absolute atomic E-state index is 0.0735. The molecule has 0 spiro atoms. The number of aliphatic hydroxyl groups excluding tert-OH is 2. The first-order chi connectivity index (χ1) is 21.6. The monoisotopic (exact) mass is 628 g/mol. The Labute approximate surface area is 268 Å². The van der Waals surface area contributed by atoms with Crippen molar-refractivity contribution in [3.63, 3.8) is 0 Å². The second-order valence-corrected chi connectivity index (χ2v) is 13.2. The molecule has 0 aliphatic heterocycles. The van der Waals surface area contributed by atoms with Crippen LogP contribution in [0, 0.1) is 30.1 Å². The quantitative estimate of drug-likeness (QED) is 0.138. The summed E-state index contributed by atoms with van der Waals surface area (Å²) in [6, 6.07) is 7.58. The number of benzene rings is 1. The van der Waals surface area contributed by atoms with Crippen LogP contribution >= 0.6 is 0 Å². The predicted octanol–water partition coefficient (Wildman–Crippen LogP) is 3.04. The summed E-state index contributed by atoms with van der Waals surface area (Å²) in [5.74, 6) is 1.17. The maximum atomic E-state index is 13.7. The van der Waals surface area contributed by atoms with Gasteiger partial charge in [0.05, 0.1) is 18.1 Å². The molecule has 250 valence electrons. The number of hydrogen-bond acceptors (Lipinski definition) is 6. The molecule has 3 rings (SSSR count). The van der Waals surface area contributed by atoms with Crippen molar-refractivity contribution in [2.24, 2.45) is 17.8 Å². The zero-order valence-electron chi connectivity index (χ0n) is 27.0. The third-order valence-electron chi connectivity index (χ3n) is 9.24. The summed E-state index contributed by atoms with van der Waals surface area (Å²) < 4.78 is 12.9. The van der Waals surface area contributed by atoms with Gasteiger partial charge in [-0.15, -0.1) is 12.3 Å². The van der Waals surface area contributed by atoms with E-state index in [1.54, 1.807) is 14.1 Å². The van der Waals surface area contributed by atoms with Crippen molar-refractivity contribution in [2.45, 2.75) is 101 Å². The Balaban J connectivity index is 1.72. The van der Waals surface area contributed by atoms with E-state index in [9.17, 15) is 29.0 Å². The van der Waals surface area contributed by atoms with Gasteiger partial charge in [-0.05, 0) is 43.7 Å². The molecular weight excluding hydrogens is 575 g/mol. The van der Waals surface area contributed by atoms with Crippen molar-refractivity contribution in [1.29, 1.82) is 0 Å². The molecule has 5 atom stereocenters. The molecule has 0 heterocycles. The summed E-state index contributed by atoms with van der Waals surface area (Å²) in [7, 11) is 3.24. The molecule has 0 bridgehead atoms. The smallest absolute Gasteiger partial charge is 0.243 e. The van der Waals surface area contributed by atoms with Crippen LogP contribution in [-0.2, 0) is 20.8 Å². The molecule has 3 amide bonds. The summed E-state index contributed by atoms with van der Waals surface area (Å²) in [5.41, 5.74) is 0.864. The molecule has 45 heavy (non-hydrogen) atoms. The van der Waals surface area contributed by atoms with E-state index >= 15 is 0 Å². The van der Waals surface area contributed by atoms with Gasteiger partial charge in [-0.3, -0.25) is 19.3 Å². The lowest BCUT2D eigenvalue weighted by Crippen LogP contribution is -2.56. The zero-order valence-corrected chi connectivity index (χ0v) is 27.0. The number of carbonyl (C=O) groups is 3. The summed E-state index contributed by atoms with van der Waals surface area (Å²) in [5, 5.41) is 27.7. The molecule has 9 nitrogen and oxygen atoms in total. The number of aliphatic hydroxyl groups is 2. The largest absolute Gasteiger partial charge is 0.390 e. The third kappa shape index (κ3) is 12.7. The van der Waals surface area contributed by atoms with E-state index in [2.05, 4.69) is 16.6 Å². The Bertz CT molecular complexity index is 1110. The molecule has 2 saturated carbocycles. The number of nitrogens with zero attached hydrogens (tertiary/aromatic N) is 2. The SMILES string of the molecule is C#CC[C@H](NC(=O)C(CC(=O)N(C)CCN(C)CF)Cc1ccccc1)C(=O)NC(CC1CCCCC1)C(O)C(O)CC1CC1. The number of nitrogens with one attached hydrogen (secondary N) is 2. The van der Waals surface area contributed by atoms with Crippen LogP contribution in [0.4, 0.5) is 4.39 Å². The highest BCUT2D eigenvalue weighted by Crippen LogP contribution is 2.35. The van der Waals surface area contributed by atoms with Crippen LogP contribution in [0.5, 0.6) is 0 Å². The lowest BCUT2D eigenvalue weighted by atomic mass is 9.82. The molecule has 1 aromatic rings. The second-order valence-electron chi connectivity index (χ2n) is 13.2. The molecule has 0 radical (unpaired) electrons. The Hall–Kier alpha value is -3.00. The number of likely N-dealkylation sites (N-methyl/N-ethyl adjacent to an activating group) is 2. The van der Waals surface area contributed by atoms with E-state index in [4.69, 9.17) is 6.42 Å². The summed E-state index contributed by atoms with van der Waals surface area (Å²) in [6.45, 7) is 0.0258. The van der Waals surface area contributed by atoms with Crippen molar-refractivity contribution in [3.8, 4) is 12.3 Å². The molecule has 10 heteroatoms. The molecule has 0 aromatic heterocycles. The van der Waals surface area contributed by atoms with Crippen LogP contribution in [0.15, 0.2) is 30.3 Å².